The molecule has 1 aromatic rings. The van der Waals surface area contributed by atoms with E-state index in [0.717, 1.165) is 19.4 Å². The van der Waals surface area contributed by atoms with E-state index in [1.54, 1.807) is 20.8 Å². The number of hydrogen-bond acceptors (Lipinski definition) is 6. The van der Waals surface area contributed by atoms with Gasteiger partial charge in [-0.25, -0.2) is 9.59 Å². The summed E-state index contributed by atoms with van der Waals surface area (Å²) >= 11 is 1.25. The van der Waals surface area contributed by atoms with E-state index in [1.807, 2.05) is 0 Å². The van der Waals surface area contributed by atoms with Crippen LogP contribution in [-0.2, 0) is 9.47 Å². The lowest BCUT2D eigenvalue weighted by Gasteiger charge is -2.07. The molecule has 0 spiro atoms. The lowest BCUT2D eigenvalue weighted by molar-refractivity contribution is 0.0527. The van der Waals surface area contributed by atoms with Gasteiger partial charge in [0.1, 0.15) is 9.88 Å². The van der Waals surface area contributed by atoms with Gasteiger partial charge in [0.2, 0.25) is 0 Å². The zero-order valence-corrected chi connectivity index (χ0v) is 13.9. The van der Waals surface area contributed by atoms with Crippen LogP contribution in [0.1, 0.15) is 59.2 Å². The minimum Gasteiger partial charge on any atom is -0.462 e. The average molecular weight is 313 g/mol. The van der Waals surface area contributed by atoms with Gasteiger partial charge >= 0.3 is 11.9 Å². The first-order chi connectivity index (χ1) is 10.1. The highest BCUT2D eigenvalue weighted by atomic mass is 32.1. The van der Waals surface area contributed by atoms with Gasteiger partial charge in [0, 0.05) is 6.54 Å². The van der Waals surface area contributed by atoms with Gasteiger partial charge in [0.15, 0.2) is 0 Å². The third-order valence-corrected chi connectivity index (χ3v) is 4.13. The number of carbonyl (C=O) groups is 2. The summed E-state index contributed by atoms with van der Waals surface area (Å²) in [6.07, 6.45) is 2.05. The third-order valence-electron chi connectivity index (χ3n) is 2.90. The van der Waals surface area contributed by atoms with Crippen LogP contribution < -0.4 is 5.32 Å². The molecule has 1 aromatic heterocycles. The quantitative estimate of drug-likeness (QED) is 0.586. The normalized spacial score (nSPS) is 10.3. The van der Waals surface area contributed by atoms with E-state index >= 15 is 0 Å². The van der Waals surface area contributed by atoms with Crippen LogP contribution in [0.2, 0.25) is 0 Å². The van der Waals surface area contributed by atoms with E-state index in [0.29, 0.717) is 34.2 Å². The number of hydrogen-bond donors (Lipinski definition) is 1. The molecule has 1 heterocycles. The highest BCUT2D eigenvalue weighted by molar-refractivity contribution is 7.18. The fourth-order valence-electron chi connectivity index (χ4n) is 1.86. The summed E-state index contributed by atoms with van der Waals surface area (Å²) in [5.41, 5.74) is 1.07. The molecule has 0 fully saturated rings. The smallest absolute Gasteiger partial charge is 0.348 e. The number of anilines is 1. The summed E-state index contributed by atoms with van der Waals surface area (Å²) in [6, 6.07) is 0. The first-order valence-electron chi connectivity index (χ1n) is 7.28. The molecule has 0 atom stereocenters. The monoisotopic (exact) mass is 313 g/mol. The molecular weight excluding hydrogens is 290 g/mol. The second-order valence-corrected chi connectivity index (χ2v) is 5.50. The molecule has 1 N–H and O–H groups in total. The molecule has 0 radical (unpaired) electrons. The molecule has 0 unspecified atom stereocenters. The summed E-state index contributed by atoms with van der Waals surface area (Å²) < 4.78 is 10.1. The second-order valence-electron chi connectivity index (χ2n) is 4.48. The Balaban J connectivity index is 3.10. The molecule has 0 amide bonds. The van der Waals surface area contributed by atoms with Crippen LogP contribution in [0, 0.1) is 6.92 Å². The van der Waals surface area contributed by atoms with Crippen LogP contribution in [-0.4, -0.2) is 31.7 Å². The van der Waals surface area contributed by atoms with Crippen molar-refractivity contribution in [2.75, 3.05) is 25.1 Å². The Kier molecular flexibility index (Phi) is 7.22. The fraction of sp³-hybridized carbons (Fsp3) is 0.600. The molecule has 0 aromatic carbocycles. The Morgan fingerprint density at radius 1 is 1.10 bits per heavy atom. The SMILES string of the molecule is CCCCNc1sc(C(=O)OCC)c(C)c1C(=O)OCC. The topological polar surface area (TPSA) is 64.6 Å². The van der Waals surface area contributed by atoms with Gasteiger partial charge in [-0.1, -0.05) is 13.3 Å². The van der Waals surface area contributed by atoms with Crippen LogP contribution >= 0.6 is 11.3 Å². The lowest BCUT2D eigenvalue weighted by Crippen LogP contribution is -2.10. The summed E-state index contributed by atoms with van der Waals surface area (Å²) in [7, 11) is 0. The van der Waals surface area contributed by atoms with Crippen molar-refractivity contribution in [3.05, 3.63) is 16.0 Å². The molecule has 21 heavy (non-hydrogen) atoms. The molecule has 118 valence electrons. The molecule has 0 bridgehead atoms. The van der Waals surface area contributed by atoms with Gasteiger partial charge in [-0.2, -0.15) is 0 Å². The summed E-state index contributed by atoms with van der Waals surface area (Å²) in [6.45, 7) is 8.73. The predicted octanol–water partition coefficient (Wildman–Crippen LogP) is 3.62. The number of nitrogens with one attached hydrogen (secondary N) is 1. The Labute approximate surface area is 129 Å². The summed E-state index contributed by atoms with van der Waals surface area (Å²) in [5.74, 6) is -0.796. The minimum atomic E-state index is -0.402. The zero-order chi connectivity index (χ0) is 15.8. The number of carbonyl (C=O) groups excluding carboxylic acids is 2. The molecule has 1 rings (SSSR count). The Morgan fingerprint density at radius 3 is 2.29 bits per heavy atom. The van der Waals surface area contributed by atoms with Gasteiger partial charge in [-0.3, -0.25) is 0 Å². The van der Waals surface area contributed by atoms with E-state index in [-0.39, 0.29) is 0 Å². The molecule has 0 aliphatic carbocycles. The van der Waals surface area contributed by atoms with Crippen LogP contribution in [0.3, 0.4) is 0 Å². The summed E-state index contributed by atoms with van der Waals surface area (Å²) in [4.78, 5) is 24.5. The first-order valence-corrected chi connectivity index (χ1v) is 8.09. The van der Waals surface area contributed by atoms with Crippen LogP contribution in [0.5, 0.6) is 0 Å². The van der Waals surface area contributed by atoms with E-state index in [2.05, 4.69) is 12.2 Å². The Hall–Kier alpha value is -1.56. The number of thiophene rings is 1. The molecule has 0 saturated carbocycles. The van der Waals surface area contributed by atoms with Crippen molar-refractivity contribution in [2.24, 2.45) is 0 Å². The van der Waals surface area contributed by atoms with Crippen molar-refractivity contribution < 1.29 is 19.1 Å². The Bertz CT molecular complexity index is 496. The number of ether oxygens (including phenoxy) is 2. The van der Waals surface area contributed by atoms with Crippen molar-refractivity contribution in [3.8, 4) is 0 Å². The maximum atomic E-state index is 12.1. The maximum absolute atomic E-state index is 12.1. The highest BCUT2D eigenvalue weighted by Crippen LogP contribution is 2.34. The van der Waals surface area contributed by atoms with Crippen molar-refractivity contribution in [1.29, 1.82) is 0 Å². The van der Waals surface area contributed by atoms with Crippen LogP contribution in [0.25, 0.3) is 0 Å². The van der Waals surface area contributed by atoms with E-state index in [4.69, 9.17) is 9.47 Å². The van der Waals surface area contributed by atoms with Crippen molar-refractivity contribution >= 4 is 28.3 Å². The van der Waals surface area contributed by atoms with Crippen molar-refractivity contribution in [3.63, 3.8) is 0 Å². The Morgan fingerprint density at radius 2 is 1.71 bits per heavy atom. The predicted molar refractivity (Wildman–Crippen MR) is 84.4 cm³/mol. The molecule has 5 nitrogen and oxygen atoms in total. The van der Waals surface area contributed by atoms with Gasteiger partial charge in [-0.05, 0) is 32.8 Å². The molecule has 0 saturated heterocycles. The van der Waals surface area contributed by atoms with E-state index in [1.165, 1.54) is 11.3 Å². The number of esters is 2. The minimum absolute atomic E-state index is 0.303. The van der Waals surface area contributed by atoms with Crippen LogP contribution in [0.4, 0.5) is 5.00 Å². The van der Waals surface area contributed by atoms with Gasteiger partial charge in [0.05, 0.1) is 18.8 Å². The highest BCUT2D eigenvalue weighted by Gasteiger charge is 2.26. The van der Waals surface area contributed by atoms with Crippen molar-refractivity contribution in [2.45, 2.75) is 40.5 Å². The van der Waals surface area contributed by atoms with E-state index in [9.17, 15) is 9.59 Å². The fourth-order valence-corrected chi connectivity index (χ4v) is 2.97. The molecule has 6 heteroatoms. The average Bonchev–Trinajstić information content (AvgIpc) is 2.77. The third kappa shape index (κ3) is 4.46. The van der Waals surface area contributed by atoms with Gasteiger partial charge in [-0.15, -0.1) is 11.3 Å². The lowest BCUT2D eigenvalue weighted by atomic mass is 10.1. The molecule has 0 aliphatic rings. The zero-order valence-electron chi connectivity index (χ0n) is 13.1. The van der Waals surface area contributed by atoms with Gasteiger partial charge < -0.3 is 14.8 Å². The van der Waals surface area contributed by atoms with Crippen LogP contribution in [0.15, 0.2) is 0 Å². The first kappa shape index (κ1) is 17.5. The number of unbranched alkanes of at least 4 members (excludes halogenated alkanes) is 1. The number of rotatable bonds is 8. The van der Waals surface area contributed by atoms with Gasteiger partial charge in [0.25, 0.3) is 0 Å². The largest absolute Gasteiger partial charge is 0.462 e. The second kappa shape index (κ2) is 8.67. The molecule has 0 aliphatic heterocycles. The summed E-state index contributed by atoms with van der Waals surface area (Å²) in [5, 5.41) is 3.90. The molecular formula is C15H23NO4S. The standard InChI is InChI=1S/C15H23NO4S/c1-5-8-9-16-13-11(14(17)19-6-2)10(4)12(21-13)15(18)20-7-3/h16H,5-9H2,1-4H3. The van der Waals surface area contributed by atoms with E-state index < -0.39 is 11.9 Å². The van der Waals surface area contributed by atoms with Crippen molar-refractivity contribution in [1.82, 2.24) is 0 Å². The maximum Gasteiger partial charge on any atom is 0.348 e.